The molecule has 0 aliphatic heterocycles. The lowest BCUT2D eigenvalue weighted by Gasteiger charge is -2.25. The van der Waals surface area contributed by atoms with E-state index in [-0.39, 0.29) is 6.79 Å². The Labute approximate surface area is 194 Å². The molecule has 0 bridgehead atoms. The van der Waals surface area contributed by atoms with Gasteiger partial charge in [-0.05, 0) is 59.2 Å². The van der Waals surface area contributed by atoms with Crippen molar-refractivity contribution in [3.63, 3.8) is 0 Å². The Morgan fingerprint density at radius 3 is 1.94 bits per heavy atom. The summed E-state index contributed by atoms with van der Waals surface area (Å²) in [5.74, 6) is -0.496. The zero-order chi connectivity index (χ0) is 22.9. The van der Waals surface area contributed by atoms with Gasteiger partial charge in [-0.2, -0.15) is 0 Å². The van der Waals surface area contributed by atoms with Gasteiger partial charge in [-0.3, -0.25) is 0 Å². The van der Waals surface area contributed by atoms with Crippen molar-refractivity contribution in [2.45, 2.75) is 6.61 Å². The number of nitrogens with zero attached hydrogens (tertiary/aromatic N) is 1. The van der Waals surface area contributed by atoms with Crippen molar-refractivity contribution in [2.75, 3.05) is 11.7 Å². The molecule has 0 radical (unpaired) electrons. The van der Waals surface area contributed by atoms with Gasteiger partial charge in [0.05, 0.1) is 6.61 Å². The van der Waals surface area contributed by atoms with Crippen LogP contribution in [-0.4, -0.2) is 12.8 Å². The van der Waals surface area contributed by atoms with E-state index in [1.807, 2.05) is 48.5 Å². The molecule has 4 rings (SSSR count). The molecule has 0 aliphatic rings. The van der Waals surface area contributed by atoms with Crippen molar-refractivity contribution in [1.82, 2.24) is 0 Å². The van der Waals surface area contributed by atoms with E-state index >= 15 is 0 Å². The number of para-hydroxylation sites is 2. The van der Waals surface area contributed by atoms with Gasteiger partial charge >= 0.3 is 5.97 Å². The minimum absolute atomic E-state index is 0.0986. The second-order valence-corrected chi connectivity index (χ2v) is 7.39. The number of anilines is 3. The Morgan fingerprint density at radius 2 is 1.33 bits per heavy atom. The maximum Gasteiger partial charge on any atom is 0.332 e. The maximum atomic E-state index is 11.1. The van der Waals surface area contributed by atoms with Gasteiger partial charge in [-0.1, -0.05) is 73.3 Å². The van der Waals surface area contributed by atoms with Crippen LogP contribution in [0.3, 0.4) is 0 Å². The summed E-state index contributed by atoms with van der Waals surface area (Å²) < 4.78 is 10.3. The standard InChI is InChI=1S/C29H25NO3/c1-2-29(31)33-22-32-21-23-10-9-11-25(20-23)24-16-18-28(19-17-24)30(26-12-5-3-6-13-26)27-14-7-4-8-15-27/h2-20H,1,21-22H2. The van der Waals surface area contributed by atoms with Crippen molar-refractivity contribution < 1.29 is 14.3 Å². The van der Waals surface area contributed by atoms with Gasteiger partial charge in [-0.15, -0.1) is 0 Å². The van der Waals surface area contributed by atoms with Crippen LogP contribution in [0.25, 0.3) is 11.1 Å². The van der Waals surface area contributed by atoms with Crippen LogP contribution < -0.4 is 4.90 Å². The molecule has 4 aromatic rings. The summed E-state index contributed by atoms with van der Waals surface area (Å²) in [6.45, 7) is 3.62. The smallest absolute Gasteiger partial charge is 0.332 e. The highest BCUT2D eigenvalue weighted by atomic mass is 16.7. The number of rotatable bonds is 9. The van der Waals surface area contributed by atoms with Gasteiger partial charge in [-0.25, -0.2) is 4.79 Å². The fourth-order valence-electron chi connectivity index (χ4n) is 3.56. The first-order valence-corrected chi connectivity index (χ1v) is 10.7. The number of esters is 1. The first kappa shape index (κ1) is 22.1. The van der Waals surface area contributed by atoms with Crippen molar-refractivity contribution in [3.05, 3.63) is 127 Å². The summed E-state index contributed by atoms with van der Waals surface area (Å²) in [6, 6.07) is 37.3. The van der Waals surface area contributed by atoms with E-state index in [4.69, 9.17) is 9.47 Å². The lowest BCUT2D eigenvalue weighted by molar-refractivity contribution is -0.151. The summed E-state index contributed by atoms with van der Waals surface area (Å²) in [6.07, 6.45) is 1.12. The molecule has 33 heavy (non-hydrogen) atoms. The predicted octanol–water partition coefficient (Wildman–Crippen LogP) is 7.03. The first-order chi connectivity index (χ1) is 16.2. The van der Waals surface area contributed by atoms with Crippen molar-refractivity contribution >= 4 is 23.0 Å². The van der Waals surface area contributed by atoms with E-state index in [0.29, 0.717) is 6.61 Å². The zero-order valence-electron chi connectivity index (χ0n) is 18.3. The van der Waals surface area contributed by atoms with E-state index < -0.39 is 5.97 Å². The minimum atomic E-state index is -0.496. The predicted molar refractivity (Wildman–Crippen MR) is 133 cm³/mol. The number of hydrogen-bond acceptors (Lipinski definition) is 4. The summed E-state index contributed by atoms with van der Waals surface area (Å²) in [7, 11) is 0. The van der Waals surface area contributed by atoms with Gasteiger partial charge in [0.1, 0.15) is 0 Å². The molecule has 0 atom stereocenters. The topological polar surface area (TPSA) is 38.8 Å². The van der Waals surface area contributed by atoms with Crippen LogP contribution in [0, 0.1) is 0 Å². The van der Waals surface area contributed by atoms with Crippen molar-refractivity contribution in [2.24, 2.45) is 0 Å². The SMILES string of the molecule is C=CC(=O)OCOCc1cccc(-c2ccc(N(c3ccccc3)c3ccccc3)cc2)c1. The molecule has 164 valence electrons. The molecule has 0 N–H and O–H groups in total. The number of benzene rings is 4. The van der Waals surface area contributed by atoms with Crippen LogP contribution in [0.4, 0.5) is 17.1 Å². The lowest BCUT2D eigenvalue weighted by Crippen LogP contribution is -2.09. The second kappa shape index (κ2) is 10.9. The number of carbonyl (C=O) groups excluding carboxylic acids is 1. The minimum Gasteiger partial charge on any atom is -0.435 e. The number of hydrogen-bond donors (Lipinski definition) is 0. The third-order valence-electron chi connectivity index (χ3n) is 5.13. The van der Waals surface area contributed by atoms with Gasteiger partial charge < -0.3 is 14.4 Å². The molecule has 0 amide bonds. The van der Waals surface area contributed by atoms with E-state index in [2.05, 4.69) is 72.1 Å². The summed E-state index contributed by atoms with van der Waals surface area (Å²) in [5, 5.41) is 0. The van der Waals surface area contributed by atoms with Crippen LogP contribution in [0.5, 0.6) is 0 Å². The highest BCUT2D eigenvalue weighted by Crippen LogP contribution is 2.35. The van der Waals surface area contributed by atoms with E-state index in [1.54, 1.807) is 0 Å². The summed E-state index contributed by atoms with van der Waals surface area (Å²) in [4.78, 5) is 13.3. The molecule has 0 saturated heterocycles. The quantitative estimate of drug-likeness (QED) is 0.122. The molecule has 0 saturated carbocycles. The summed E-state index contributed by atoms with van der Waals surface area (Å²) >= 11 is 0. The molecule has 4 heteroatoms. The largest absolute Gasteiger partial charge is 0.435 e. The zero-order valence-corrected chi connectivity index (χ0v) is 18.3. The van der Waals surface area contributed by atoms with Crippen LogP contribution in [-0.2, 0) is 20.9 Å². The number of ether oxygens (including phenoxy) is 2. The van der Waals surface area contributed by atoms with Crippen molar-refractivity contribution in [3.8, 4) is 11.1 Å². The first-order valence-electron chi connectivity index (χ1n) is 10.7. The Balaban J connectivity index is 1.53. The molecule has 0 unspecified atom stereocenters. The van der Waals surface area contributed by atoms with Gasteiger partial charge in [0.25, 0.3) is 0 Å². The van der Waals surface area contributed by atoms with Crippen LogP contribution in [0.15, 0.2) is 122 Å². The summed E-state index contributed by atoms with van der Waals surface area (Å²) in [5.41, 5.74) is 6.50. The Kier molecular flexibility index (Phi) is 7.31. The average Bonchev–Trinajstić information content (AvgIpc) is 2.88. The van der Waals surface area contributed by atoms with E-state index in [1.165, 1.54) is 0 Å². The van der Waals surface area contributed by atoms with Crippen LogP contribution in [0.1, 0.15) is 5.56 Å². The Hall–Kier alpha value is -4.15. The Bertz CT molecular complexity index is 1150. The molecular weight excluding hydrogens is 410 g/mol. The molecule has 0 spiro atoms. The second-order valence-electron chi connectivity index (χ2n) is 7.39. The number of carbonyl (C=O) groups is 1. The van der Waals surface area contributed by atoms with Gasteiger partial charge in [0.15, 0.2) is 6.79 Å². The molecule has 0 heterocycles. The van der Waals surface area contributed by atoms with E-state index in [9.17, 15) is 4.79 Å². The molecule has 0 aromatic heterocycles. The van der Waals surface area contributed by atoms with Crippen molar-refractivity contribution in [1.29, 1.82) is 0 Å². The third-order valence-corrected chi connectivity index (χ3v) is 5.13. The fraction of sp³-hybridized carbons (Fsp3) is 0.0690. The van der Waals surface area contributed by atoms with E-state index in [0.717, 1.165) is 39.8 Å². The third kappa shape index (κ3) is 5.76. The van der Waals surface area contributed by atoms with Gasteiger partial charge in [0.2, 0.25) is 0 Å². The molecular formula is C29H25NO3. The fourth-order valence-corrected chi connectivity index (χ4v) is 3.56. The molecule has 0 fully saturated rings. The average molecular weight is 436 g/mol. The van der Waals surface area contributed by atoms with Gasteiger partial charge in [0, 0.05) is 23.1 Å². The normalized spacial score (nSPS) is 10.4. The van der Waals surface area contributed by atoms with Crippen LogP contribution in [0.2, 0.25) is 0 Å². The maximum absolute atomic E-state index is 11.1. The molecule has 4 nitrogen and oxygen atoms in total. The molecule has 0 aliphatic carbocycles. The highest BCUT2D eigenvalue weighted by Gasteiger charge is 2.12. The highest BCUT2D eigenvalue weighted by molar-refractivity contribution is 5.81. The Morgan fingerprint density at radius 1 is 0.727 bits per heavy atom. The molecule has 4 aromatic carbocycles. The lowest BCUT2D eigenvalue weighted by atomic mass is 10.0. The monoisotopic (exact) mass is 435 g/mol. The van der Waals surface area contributed by atoms with Crippen LogP contribution >= 0.6 is 0 Å².